The molecule has 0 saturated carbocycles. The van der Waals surface area contributed by atoms with Gasteiger partial charge in [0.05, 0.1) is 11.9 Å². The number of thiophene rings is 1. The number of hydrogen-bond acceptors (Lipinski definition) is 5. The minimum atomic E-state index is -0.288. The minimum Gasteiger partial charge on any atom is -0.492 e. The fourth-order valence-corrected chi connectivity index (χ4v) is 4.04. The number of aromatic amines is 1. The number of H-pyrrole nitrogens is 1. The molecule has 29 heavy (non-hydrogen) atoms. The first-order chi connectivity index (χ1) is 14.1. The SMILES string of the molecule is CN(CCOc1ccc(F)cc1)Cc1nc2sc(-c3ccccc3)cc2c(=O)[nH]1. The summed E-state index contributed by atoms with van der Waals surface area (Å²) in [5, 5.41) is 0.611. The van der Waals surface area contributed by atoms with Crippen LogP contribution in [0.5, 0.6) is 5.75 Å². The molecule has 0 unspecified atom stereocenters. The molecule has 0 fully saturated rings. The maximum Gasteiger partial charge on any atom is 0.259 e. The van der Waals surface area contributed by atoms with E-state index in [1.54, 1.807) is 12.1 Å². The Morgan fingerprint density at radius 1 is 1.14 bits per heavy atom. The van der Waals surface area contributed by atoms with Gasteiger partial charge in [-0.3, -0.25) is 9.69 Å². The van der Waals surface area contributed by atoms with E-state index in [1.807, 2.05) is 48.3 Å². The van der Waals surface area contributed by atoms with Gasteiger partial charge in [0, 0.05) is 11.4 Å². The van der Waals surface area contributed by atoms with E-state index in [0.717, 1.165) is 15.3 Å². The maximum atomic E-state index is 12.9. The molecule has 2 aromatic heterocycles. The van der Waals surface area contributed by atoms with Crippen LogP contribution in [-0.4, -0.2) is 35.1 Å². The Labute approximate surface area is 171 Å². The van der Waals surface area contributed by atoms with Crippen LogP contribution in [-0.2, 0) is 6.54 Å². The molecule has 5 nitrogen and oxygen atoms in total. The Morgan fingerprint density at radius 3 is 2.66 bits per heavy atom. The van der Waals surface area contributed by atoms with Crippen LogP contribution in [0.15, 0.2) is 65.5 Å². The highest BCUT2D eigenvalue weighted by molar-refractivity contribution is 7.21. The molecule has 2 aromatic carbocycles. The van der Waals surface area contributed by atoms with Crippen molar-refractivity contribution in [1.82, 2.24) is 14.9 Å². The van der Waals surface area contributed by atoms with Crippen molar-refractivity contribution in [1.29, 1.82) is 0 Å². The third-order valence-corrected chi connectivity index (χ3v) is 5.56. The van der Waals surface area contributed by atoms with Gasteiger partial charge in [-0.15, -0.1) is 11.3 Å². The minimum absolute atomic E-state index is 0.126. The fraction of sp³-hybridized carbons (Fsp3) is 0.182. The topological polar surface area (TPSA) is 58.2 Å². The number of nitrogens with zero attached hydrogens (tertiary/aromatic N) is 2. The smallest absolute Gasteiger partial charge is 0.259 e. The lowest BCUT2D eigenvalue weighted by Gasteiger charge is -2.16. The van der Waals surface area contributed by atoms with Crippen LogP contribution in [0.3, 0.4) is 0 Å². The number of fused-ring (bicyclic) bond motifs is 1. The summed E-state index contributed by atoms with van der Waals surface area (Å²) < 4.78 is 18.5. The highest BCUT2D eigenvalue weighted by atomic mass is 32.1. The van der Waals surface area contributed by atoms with Gasteiger partial charge in [-0.05, 0) is 42.9 Å². The van der Waals surface area contributed by atoms with Crippen LogP contribution in [0.1, 0.15) is 5.82 Å². The number of likely N-dealkylation sites (N-methyl/N-ethyl adjacent to an activating group) is 1. The lowest BCUT2D eigenvalue weighted by atomic mass is 10.2. The molecular formula is C22H20FN3O2S. The lowest BCUT2D eigenvalue weighted by Crippen LogP contribution is -2.26. The van der Waals surface area contributed by atoms with Crippen molar-refractivity contribution in [2.24, 2.45) is 0 Å². The van der Waals surface area contributed by atoms with E-state index < -0.39 is 0 Å². The molecule has 0 bridgehead atoms. The second-order valence-corrected chi connectivity index (χ2v) is 7.78. The van der Waals surface area contributed by atoms with E-state index in [-0.39, 0.29) is 11.4 Å². The number of halogens is 1. The van der Waals surface area contributed by atoms with Gasteiger partial charge in [0.1, 0.15) is 28.8 Å². The zero-order valence-corrected chi connectivity index (χ0v) is 16.7. The van der Waals surface area contributed by atoms with Crippen molar-refractivity contribution < 1.29 is 9.13 Å². The molecule has 1 N–H and O–H groups in total. The molecule has 0 saturated heterocycles. The summed E-state index contributed by atoms with van der Waals surface area (Å²) in [6.07, 6.45) is 0. The summed E-state index contributed by atoms with van der Waals surface area (Å²) in [4.78, 5) is 23.8. The molecular weight excluding hydrogens is 389 g/mol. The molecule has 4 rings (SSSR count). The first-order valence-corrected chi connectivity index (χ1v) is 10.1. The molecule has 0 aliphatic heterocycles. The number of nitrogens with one attached hydrogen (secondary N) is 1. The summed E-state index contributed by atoms with van der Waals surface area (Å²) >= 11 is 1.52. The highest BCUT2D eigenvalue weighted by Gasteiger charge is 2.11. The Hall–Kier alpha value is -3.03. The van der Waals surface area contributed by atoms with E-state index in [1.165, 1.54) is 23.5 Å². The van der Waals surface area contributed by atoms with E-state index in [2.05, 4.69) is 9.97 Å². The number of aromatic nitrogens is 2. The third kappa shape index (κ3) is 4.70. The predicted molar refractivity (Wildman–Crippen MR) is 114 cm³/mol. The van der Waals surface area contributed by atoms with Crippen LogP contribution in [0, 0.1) is 5.82 Å². The number of benzene rings is 2. The predicted octanol–water partition coefficient (Wildman–Crippen LogP) is 4.30. The Balaban J connectivity index is 1.42. The summed E-state index contributed by atoms with van der Waals surface area (Å²) in [5.74, 6) is 0.955. The number of rotatable bonds is 7. The number of hydrogen-bond donors (Lipinski definition) is 1. The van der Waals surface area contributed by atoms with Crippen molar-refractivity contribution in [3.8, 4) is 16.2 Å². The fourth-order valence-electron chi connectivity index (χ4n) is 2.98. The Kier molecular flexibility index (Phi) is 5.69. The van der Waals surface area contributed by atoms with E-state index >= 15 is 0 Å². The summed E-state index contributed by atoms with van der Waals surface area (Å²) in [7, 11) is 1.93. The van der Waals surface area contributed by atoms with Crippen LogP contribution in [0.2, 0.25) is 0 Å². The van der Waals surface area contributed by atoms with E-state index in [0.29, 0.717) is 36.7 Å². The van der Waals surface area contributed by atoms with Crippen molar-refractivity contribution >= 4 is 21.6 Å². The molecule has 7 heteroatoms. The zero-order valence-electron chi connectivity index (χ0n) is 15.9. The van der Waals surface area contributed by atoms with Gasteiger partial charge in [-0.1, -0.05) is 30.3 Å². The van der Waals surface area contributed by atoms with Crippen LogP contribution in [0.4, 0.5) is 4.39 Å². The molecule has 0 atom stereocenters. The molecule has 0 radical (unpaired) electrons. The van der Waals surface area contributed by atoms with Gasteiger partial charge in [-0.2, -0.15) is 0 Å². The standard InChI is InChI=1S/C22H20FN3O2S/c1-26(11-12-28-17-9-7-16(23)8-10-17)14-20-24-21(27)18-13-19(29-22(18)25-20)15-5-3-2-4-6-15/h2-10,13H,11-12,14H2,1H3,(H,24,25,27). The second-order valence-electron chi connectivity index (χ2n) is 6.75. The lowest BCUT2D eigenvalue weighted by molar-refractivity contribution is 0.229. The van der Waals surface area contributed by atoms with Crippen LogP contribution >= 0.6 is 11.3 Å². The van der Waals surface area contributed by atoms with Crippen molar-refractivity contribution in [3.05, 3.63) is 82.7 Å². The van der Waals surface area contributed by atoms with Crippen LogP contribution in [0.25, 0.3) is 20.7 Å². The van der Waals surface area contributed by atoms with Gasteiger partial charge in [0.15, 0.2) is 0 Å². The third-order valence-electron chi connectivity index (χ3n) is 4.48. The van der Waals surface area contributed by atoms with E-state index in [9.17, 15) is 9.18 Å². The first-order valence-electron chi connectivity index (χ1n) is 9.23. The Bertz CT molecular complexity index is 1160. The average Bonchev–Trinajstić information content (AvgIpc) is 3.15. The van der Waals surface area contributed by atoms with Gasteiger partial charge in [-0.25, -0.2) is 9.37 Å². The molecule has 2 heterocycles. The molecule has 0 spiro atoms. The van der Waals surface area contributed by atoms with Gasteiger partial charge < -0.3 is 9.72 Å². The molecule has 0 aliphatic carbocycles. The second kappa shape index (κ2) is 8.55. The normalized spacial score (nSPS) is 11.3. The first kappa shape index (κ1) is 19.3. The van der Waals surface area contributed by atoms with Crippen molar-refractivity contribution in [2.45, 2.75) is 6.54 Å². The zero-order chi connectivity index (χ0) is 20.2. The molecule has 148 valence electrons. The molecule has 4 aromatic rings. The number of ether oxygens (including phenoxy) is 1. The Morgan fingerprint density at radius 2 is 1.90 bits per heavy atom. The van der Waals surface area contributed by atoms with Crippen molar-refractivity contribution in [2.75, 3.05) is 20.2 Å². The molecule has 0 aliphatic rings. The quantitative estimate of drug-likeness (QED) is 0.494. The van der Waals surface area contributed by atoms with Crippen molar-refractivity contribution in [3.63, 3.8) is 0 Å². The van der Waals surface area contributed by atoms with E-state index in [4.69, 9.17) is 4.74 Å². The summed E-state index contributed by atoms with van der Waals surface area (Å²) in [6.45, 7) is 1.58. The largest absolute Gasteiger partial charge is 0.492 e. The van der Waals surface area contributed by atoms with Gasteiger partial charge >= 0.3 is 0 Å². The average molecular weight is 409 g/mol. The molecule has 0 amide bonds. The van der Waals surface area contributed by atoms with Gasteiger partial charge in [0.25, 0.3) is 5.56 Å². The summed E-state index contributed by atoms with van der Waals surface area (Å²) in [5.41, 5.74) is 0.950. The van der Waals surface area contributed by atoms with Gasteiger partial charge in [0.2, 0.25) is 0 Å². The summed E-state index contributed by atoms with van der Waals surface area (Å²) in [6, 6.07) is 17.8. The highest BCUT2D eigenvalue weighted by Crippen LogP contribution is 2.30. The monoisotopic (exact) mass is 409 g/mol. The van der Waals surface area contributed by atoms with Crippen LogP contribution < -0.4 is 10.3 Å². The maximum absolute atomic E-state index is 12.9.